The number of hydrogen-bond donors (Lipinski definition) is 0. The van der Waals surface area contributed by atoms with E-state index in [0.29, 0.717) is 56.9 Å². The second-order valence-corrected chi connectivity index (χ2v) is 10.6. The maximum Gasteiger partial charge on any atom is 0.410 e. The third-order valence-corrected chi connectivity index (χ3v) is 7.39. The Morgan fingerprint density at radius 2 is 2.03 bits per heavy atom. The number of aldehydes is 1. The fourth-order valence-electron chi connectivity index (χ4n) is 5.10. The number of carbonyl (C=O) groups is 2. The van der Waals surface area contributed by atoms with Crippen LogP contribution in [0.2, 0.25) is 5.02 Å². The summed E-state index contributed by atoms with van der Waals surface area (Å²) < 4.78 is 20.3. The maximum absolute atomic E-state index is 12.8. The number of fused-ring (bicyclic) bond motifs is 1. The topological polar surface area (TPSA) is 80.6 Å². The van der Waals surface area contributed by atoms with Gasteiger partial charge in [0.05, 0.1) is 47.7 Å². The second kappa shape index (κ2) is 12.1. The number of likely N-dealkylation sites (tertiary alicyclic amines) is 1. The molecule has 2 aromatic heterocycles. The van der Waals surface area contributed by atoms with E-state index in [2.05, 4.69) is 9.55 Å². The summed E-state index contributed by atoms with van der Waals surface area (Å²) in [7, 11) is 1.95. The SMILES string of the molecule is CC(C)OC(=O)N1CCC(C=O)(c2ccncc2N(C)Cc2nc3ccc(Cl)cc3n2CCCCF)CC1. The molecule has 1 aromatic carbocycles. The van der Waals surface area contributed by atoms with Crippen LogP contribution in [0.4, 0.5) is 14.9 Å². The quantitative estimate of drug-likeness (QED) is 0.246. The predicted molar refractivity (Wildman–Crippen MR) is 146 cm³/mol. The number of rotatable bonds is 10. The number of unbranched alkanes of at least 4 members (excludes halogenated alkanes) is 1. The van der Waals surface area contributed by atoms with Gasteiger partial charge in [0.2, 0.25) is 0 Å². The van der Waals surface area contributed by atoms with Gasteiger partial charge in [-0.1, -0.05) is 11.6 Å². The van der Waals surface area contributed by atoms with Crippen molar-refractivity contribution in [2.75, 3.05) is 31.7 Å². The summed E-state index contributed by atoms with van der Waals surface area (Å²) in [5, 5.41) is 0.620. The monoisotopic (exact) mass is 543 g/mol. The molecule has 1 amide bonds. The predicted octanol–water partition coefficient (Wildman–Crippen LogP) is 5.55. The highest BCUT2D eigenvalue weighted by Gasteiger charge is 2.40. The number of ether oxygens (including phenoxy) is 1. The molecule has 1 aliphatic rings. The lowest BCUT2D eigenvalue weighted by molar-refractivity contribution is -0.114. The lowest BCUT2D eigenvalue weighted by atomic mass is 9.73. The van der Waals surface area contributed by atoms with E-state index >= 15 is 0 Å². The molecule has 0 radical (unpaired) electrons. The molecule has 0 saturated carbocycles. The van der Waals surface area contributed by atoms with Crippen molar-refractivity contribution >= 4 is 40.7 Å². The summed E-state index contributed by atoms with van der Waals surface area (Å²) in [6.07, 6.45) is 6.09. The molecule has 3 heterocycles. The fraction of sp³-hybridized carbons (Fsp3) is 0.500. The first kappa shape index (κ1) is 27.8. The van der Waals surface area contributed by atoms with Crippen molar-refractivity contribution in [3.63, 3.8) is 0 Å². The van der Waals surface area contributed by atoms with E-state index in [0.717, 1.165) is 34.4 Å². The normalized spacial score (nSPS) is 15.2. The van der Waals surface area contributed by atoms with Gasteiger partial charge in [0.1, 0.15) is 12.1 Å². The molecule has 3 aromatic rings. The fourth-order valence-corrected chi connectivity index (χ4v) is 5.27. The van der Waals surface area contributed by atoms with E-state index in [-0.39, 0.29) is 18.9 Å². The zero-order valence-corrected chi connectivity index (χ0v) is 23.0. The minimum absolute atomic E-state index is 0.196. The van der Waals surface area contributed by atoms with E-state index in [1.54, 1.807) is 17.3 Å². The standard InChI is InChI=1S/C28H35ClFN5O3/c1-20(2)38-27(37)34-14-9-28(19-36,10-15-34)22-8-12-31-17-25(22)33(3)18-26-32-23-7-6-21(29)16-24(23)35(26)13-5-4-11-30/h6-8,12,16-17,19-20H,4-5,9-11,13-15,18H2,1-3H3. The maximum atomic E-state index is 12.8. The molecular formula is C28H35ClFN5O3. The molecule has 0 aliphatic carbocycles. The van der Waals surface area contributed by atoms with Crippen molar-refractivity contribution in [1.82, 2.24) is 19.4 Å². The largest absolute Gasteiger partial charge is 0.447 e. The number of nitrogens with zero attached hydrogens (tertiary/aromatic N) is 5. The molecule has 0 atom stereocenters. The van der Waals surface area contributed by atoms with Crippen LogP contribution in [0.1, 0.15) is 50.9 Å². The van der Waals surface area contributed by atoms with Crippen LogP contribution in [0, 0.1) is 0 Å². The van der Waals surface area contributed by atoms with Crippen LogP contribution in [-0.2, 0) is 28.0 Å². The smallest absolute Gasteiger partial charge is 0.410 e. The molecular weight excluding hydrogens is 509 g/mol. The molecule has 4 rings (SSSR count). The minimum Gasteiger partial charge on any atom is -0.447 e. The number of halogens is 2. The number of hydrogen-bond acceptors (Lipinski definition) is 6. The van der Waals surface area contributed by atoms with Gasteiger partial charge in [-0.3, -0.25) is 9.37 Å². The number of amides is 1. The van der Waals surface area contributed by atoms with Gasteiger partial charge in [0, 0.05) is 37.9 Å². The van der Waals surface area contributed by atoms with Crippen LogP contribution in [0.25, 0.3) is 11.0 Å². The Morgan fingerprint density at radius 3 is 2.71 bits per heavy atom. The molecule has 1 aliphatic heterocycles. The van der Waals surface area contributed by atoms with Crippen LogP contribution in [0.3, 0.4) is 0 Å². The van der Waals surface area contributed by atoms with E-state index in [1.807, 2.05) is 50.1 Å². The summed E-state index contributed by atoms with van der Waals surface area (Å²) in [5.41, 5.74) is 2.71. The first-order valence-electron chi connectivity index (χ1n) is 13.1. The zero-order valence-electron chi connectivity index (χ0n) is 22.2. The molecule has 38 heavy (non-hydrogen) atoms. The molecule has 1 saturated heterocycles. The van der Waals surface area contributed by atoms with E-state index in [9.17, 15) is 14.0 Å². The highest BCUT2D eigenvalue weighted by Crippen LogP contribution is 2.39. The highest BCUT2D eigenvalue weighted by atomic mass is 35.5. The second-order valence-electron chi connectivity index (χ2n) is 10.2. The van der Waals surface area contributed by atoms with Crippen molar-refractivity contribution in [1.29, 1.82) is 0 Å². The van der Waals surface area contributed by atoms with E-state index < -0.39 is 5.41 Å². The molecule has 8 nitrogen and oxygen atoms in total. The average Bonchev–Trinajstić information content (AvgIpc) is 3.24. The number of anilines is 1. The molecule has 0 unspecified atom stereocenters. The van der Waals surface area contributed by atoms with Gasteiger partial charge in [0.15, 0.2) is 0 Å². The van der Waals surface area contributed by atoms with E-state index in [4.69, 9.17) is 21.3 Å². The number of carbonyl (C=O) groups excluding carboxylic acids is 2. The number of pyridine rings is 1. The van der Waals surface area contributed by atoms with Crippen molar-refractivity contribution in [2.24, 2.45) is 0 Å². The lowest BCUT2D eigenvalue weighted by Crippen LogP contribution is -2.47. The van der Waals surface area contributed by atoms with Crippen LogP contribution in [0.15, 0.2) is 36.7 Å². The highest BCUT2D eigenvalue weighted by molar-refractivity contribution is 6.31. The van der Waals surface area contributed by atoms with Gasteiger partial charge in [0.25, 0.3) is 0 Å². The Kier molecular flexibility index (Phi) is 8.87. The molecule has 204 valence electrons. The number of piperidine rings is 1. The van der Waals surface area contributed by atoms with Gasteiger partial charge in [-0.2, -0.15) is 0 Å². The van der Waals surface area contributed by atoms with Crippen LogP contribution in [-0.4, -0.2) is 64.7 Å². The van der Waals surface area contributed by atoms with Gasteiger partial charge in [-0.15, -0.1) is 0 Å². The number of aromatic nitrogens is 3. The Balaban J connectivity index is 1.60. The molecule has 0 spiro atoms. The summed E-state index contributed by atoms with van der Waals surface area (Å²) in [5.74, 6) is 0.824. The third kappa shape index (κ3) is 5.93. The summed E-state index contributed by atoms with van der Waals surface area (Å²) in [4.78, 5) is 37.9. The van der Waals surface area contributed by atoms with Crippen LogP contribution in [0.5, 0.6) is 0 Å². The average molecular weight is 544 g/mol. The van der Waals surface area contributed by atoms with Gasteiger partial charge in [-0.05, 0) is 69.4 Å². The zero-order chi connectivity index (χ0) is 27.3. The van der Waals surface area contributed by atoms with Crippen LogP contribution >= 0.6 is 11.6 Å². The summed E-state index contributed by atoms with van der Waals surface area (Å²) in [6.45, 7) is 5.23. The number of alkyl halides is 1. The molecule has 0 N–H and O–H groups in total. The Morgan fingerprint density at radius 1 is 1.26 bits per heavy atom. The van der Waals surface area contributed by atoms with Gasteiger partial charge in [-0.25, -0.2) is 9.78 Å². The molecule has 0 bridgehead atoms. The van der Waals surface area contributed by atoms with Crippen molar-refractivity contribution in [3.8, 4) is 0 Å². The lowest BCUT2D eigenvalue weighted by Gasteiger charge is -2.40. The van der Waals surface area contributed by atoms with Crippen LogP contribution < -0.4 is 4.90 Å². The number of aryl methyl sites for hydroxylation is 1. The van der Waals surface area contributed by atoms with Gasteiger partial charge < -0.3 is 23.9 Å². The minimum atomic E-state index is -0.740. The van der Waals surface area contributed by atoms with Crippen molar-refractivity contribution in [2.45, 2.75) is 64.1 Å². The first-order chi connectivity index (χ1) is 18.3. The molecule has 1 fully saturated rings. The van der Waals surface area contributed by atoms with Gasteiger partial charge >= 0.3 is 6.09 Å². The summed E-state index contributed by atoms with van der Waals surface area (Å²) >= 11 is 6.27. The third-order valence-electron chi connectivity index (χ3n) is 7.16. The van der Waals surface area contributed by atoms with Crippen molar-refractivity contribution < 1.29 is 18.7 Å². The first-order valence-corrected chi connectivity index (χ1v) is 13.4. The number of benzene rings is 1. The summed E-state index contributed by atoms with van der Waals surface area (Å²) in [6, 6.07) is 7.48. The van der Waals surface area contributed by atoms with E-state index in [1.165, 1.54) is 0 Å². The Bertz CT molecular complexity index is 1270. The molecule has 10 heteroatoms. The van der Waals surface area contributed by atoms with Crippen molar-refractivity contribution in [3.05, 3.63) is 53.1 Å². The Hall–Kier alpha value is -3.20. The number of imidazole rings is 1. The Labute approximate surface area is 227 Å².